The van der Waals surface area contributed by atoms with E-state index in [1.54, 1.807) is 30.3 Å². The maximum Gasteiger partial charge on any atom is 0.416 e. The van der Waals surface area contributed by atoms with Gasteiger partial charge in [0.05, 0.1) is 16.7 Å². The summed E-state index contributed by atoms with van der Waals surface area (Å²) in [6, 6.07) is 12.8. The van der Waals surface area contributed by atoms with Crippen molar-refractivity contribution in [2.75, 3.05) is 5.32 Å². The van der Waals surface area contributed by atoms with Gasteiger partial charge in [0.15, 0.2) is 0 Å². The van der Waals surface area contributed by atoms with Crippen LogP contribution >= 0.6 is 15.9 Å². The number of halogens is 4. The van der Waals surface area contributed by atoms with Crippen molar-refractivity contribution in [1.29, 1.82) is 0 Å². The minimum absolute atomic E-state index is 0.163. The Morgan fingerprint density at radius 1 is 1.12 bits per heavy atom. The maximum atomic E-state index is 12.8. The third-order valence-electron chi connectivity index (χ3n) is 4.39. The second kappa shape index (κ2) is 10.3. The minimum Gasteiger partial charge on any atom is -0.450 e. The molecule has 0 fully saturated rings. The summed E-state index contributed by atoms with van der Waals surface area (Å²) in [5.74, 6) is -0.169. The number of hydrazone groups is 1. The molecule has 3 aromatic carbocycles. The predicted octanol–water partition coefficient (Wildman–Crippen LogP) is 6.63. The third-order valence-corrected chi connectivity index (χ3v) is 5.28. The lowest BCUT2D eigenvalue weighted by Crippen LogP contribution is -2.24. The number of ether oxygens (including phenoxy) is 1. The van der Waals surface area contributed by atoms with Crippen molar-refractivity contribution in [3.05, 3.63) is 91.9 Å². The van der Waals surface area contributed by atoms with Crippen molar-refractivity contribution in [2.45, 2.75) is 13.1 Å². The average molecular weight is 537 g/mol. The molecule has 0 aliphatic carbocycles. The van der Waals surface area contributed by atoms with Gasteiger partial charge in [-0.25, -0.2) is 10.2 Å². The number of rotatable bonds is 6. The van der Waals surface area contributed by atoms with Crippen LogP contribution in [0, 0.1) is 17.0 Å². The first-order valence-corrected chi connectivity index (χ1v) is 10.3. The van der Waals surface area contributed by atoms with Crippen LogP contribution in [0.4, 0.5) is 29.3 Å². The van der Waals surface area contributed by atoms with Gasteiger partial charge in [-0.1, -0.05) is 15.9 Å². The van der Waals surface area contributed by atoms with Gasteiger partial charge >= 0.3 is 17.9 Å². The molecule has 0 saturated heterocycles. The molecule has 0 aromatic heterocycles. The smallest absolute Gasteiger partial charge is 0.416 e. The van der Waals surface area contributed by atoms with Gasteiger partial charge in [-0.15, -0.1) is 0 Å². The van der Waals surface area contributed by atoms with Gasteiger partial charge in [-0.2, -0.15) is 18.3 Å². The Hall–Kier alpha value is -3.93. The third kappa shape index (κ3) is 6.54. The molecular weight excluding hydrogens is 521 g/mol. The highest BCUT2D eigenvalue weighted by Crippen LogP contribution is 2.37. The Kier molecular flexibility index (Phi) is 7.51. The lowest BCUT2D eigenvalue weighted by atomic mass is 10.2. The van der Waals surface area contributed by atoms with Crippen molar-refractivity contribution in [3.8, 4) is 11.5 Å². The largest absolute Gasteiger partial charge is 0.450 e. The van der Waals surface area contributed by atoms with Gasteiger partial charge < -0.3 is 10.1 Å². The number of benzene rings is 3. The van der Waals surface area contributed by atoms with Crippen LogP contribution in [-0.2, 0) is 6.18 Å². The average Bonchev–Trinajstić information content (AvgIpc) is 2.77. The quantitative estimate of drug-likeness (QED) is 0.209. The number of alkyl halides is 3. The summed E-state index contributed by atoms with van der Waals surface area (Å²) < 4.78 is 44.8. The van der Waals surface area contributed by atoms with Gasteiger partial charge in [0.25, 0.3) is 0 Å². The summed E-state index contributed by atoms with van der Waals surface area (Å²) in [4.78, 5) is 22.2. The predicted molar refractivity (Wildman–Crippen MR) is 123 cm³/mol. The first-order valence-electron chi connectivity index (χ1n) is 9.52. The van der Waals surface area contributed by atoms with E-state index >= 15 is 0 Å². The zero-order valence-corrected chi connectivity index (χ0v) is 19.0. The molecule has 0 unspecified atom stereocenters. The molecule has 0 saturated carbocycles. The SMILES string of the molecule is Cc1cc(NC(=O)N/N=C/c2ccc(Oc3ccc(C(F)(F)F)cc3[N+](=O)[O-])cc2)ccc1Br. The Morgan fingerprint density at radius 3 is 2.44 bits per heavy atom. The number of aryl methyl sites for hydroxylation is 1. The molecule has 0 radical (unpaired) electrons. The van der Waals surface area contributed by atoms with Crippen molar-refractivity contribution < 1.29 is 27.6 Å². The van der Waals surface area contributed by atoms with E-state index in [-0.39, 0.29) is 11.5 Å². The molecule has 34 heavy (non-hydrogen) atoms. The number of nitrogens with one attached hydrogen (secondary N) is 2. The Bertz CT molecular complexity index is 1250. The van der Waals surface area contributed by atoms with Crippen LogP contribution in [0.1, 0.15) is 16.7 Å². The van der Waals surface area contributed by atoms with Crippen molar-refractivity contribution in [3.63, 3.8) is 0 Å². The fourth-order valence-electron chi connectivity index (χ4n) is 2.72. The summed E-state index contributed by atoms with van der Waals surface area (Å²) in [5.41, 5.74) is 2.46. The molecule has 3 rings (SSSR count). The minimum atomic E-state index is -4.72. The fraction of sp³-hybridized carbons (Fsp3) is 0.0909. The highest BCUT2D eigenvalue weighted by Gasteiger charge is 2.33. The lowest BCUT2D eigenvalue weighted by Gasteiger charge is -2.10. The topological polar surface area (TPSA) is 106 Å². The molecule has 0 spiro atoms. The number of nitro benzene ring substituents is 1. The normalized spacial score (nSPS) is 11.3. The molecule has 12 heteroatoms. The second-order valence-corrected chi connectivity index (χ2v) is 7.75. The number of carbonyl (C=O) groups is 1. The van der Waals surface area contributed by atoms with Crippen molar-refractivity contribution >= 4 is 39.6 Å². The van der Waals surface area contributed by atoms with E-state index < -0.39 is 28.4 Å². The number of carbonyl (C=O) groups excluding carboxylic acids is 1. The Morgan fingerprint density at radius 2 is 1.82 bits per heavy atom. The van der Waals surface area contributed by atoms with Crippen LogP contribution in [0.15, 0.2) is 70.2 Å². The zero-order chi connectivity index (χ0) is 24.9. The summed E-state index contributed by atoms with van der Waals surface area (Å²) in [6.07, 6.45) is -3.36. The second-order valence-electron chi connectivity index (χ2n) is 6.90. The molecule has 2 amide bonds. The van der Waals surface area contributed by atoms with Crippen LogP contribution in [0.5, 0.6) is 11.5 Å². The van der Waals surface area contributed by atoms with E-state index in [0.717, 1.165) is 16.1 Å². The van der Waals surface area contributed by atoms with Crippen LogP contribution < -0.4 is 15.5 Å². The van der Waals surface area contributed by atoms with E-state index in [4.69, 9.17) is 4.74 Å². The molecule has 0 atom stereocenters. The lowest BCUT2D eigenvalue weighted by molar-refractivity contribution is -0.385. The maximum absolute atomic E-state index is 12.8. The van der Waals surface area contributed by atoms with Gasteiger partial charge in [-0.05, 0) is 72.6 Å². The Balaban J connectivity index is 1.62. The number of urea groups is 1. The van der Waals surface area contributed by atoms with Gasteiger partial charge in [0.1, 0.15) is 5.75 Å². The van der Waals surface area contributed by atoms with E-state index in [9.17, 15) is 28.1 Å². The van der Waals surface area contributed by atoms with Gasteiger partial charge in [0.2, 0.25) is 5.75 Å². The van der Waals surface area contributed by atoms with Gasteiger partial charge in [0, 0.05) is 16.2 Å². The van der Waals surface area contributed by atoms with Crippen LogP contribution in [0.2, 0.25) is 0 Å². The molecule has 8 nitrogen and oxygen atoms in total. The summed E-state index contributed by atoms with van der Waals surface area (Å²) >= 11 is 3.37. The number of anilines is 1. The molecule has 176 valence electrons. The monoisotopic (exact) mass is 536 g/mol. The van der Waals surface area contributed by atoms with Crippen LogP contribution in [0.3, 0.4) is 0 Å². The molecular formula is C22H16BrF3N4O4. The summed E-state index contributed by atoms with van der Waals surface area (Å²) in [7, 11) is 0. The molecule has 2 N–H and O–H groups in total. The standard InChI is InChI=1S/C22H16BrF3N4O4/c1-13-10-16(5-8-18(13)23)28-21(31)29-27-12-14-2-6-17(7-3-14)34-20-9-4-15(22(24,25)26)11-19(20)30(32)33/h2-12H,1H3,(H2,28,29,31)/b27-12+. The molecule has 0 bridgehead atoms. The number of hydrogen-bond donors (Lipinski definition) is 2. The Labute approximate surface area is 199 Å². The number of hydrogen-bond acceptors (Lipinski definition) is 5. The first kappa shape index (κ1) is 24.7. The molecule has 0 aliphatic rings. The van der Waals surface area contributed by atoms with Gasteiger partial charge in [-0.3, -0.25) is 10.1 Å². The van der Waals surface area contributed by atoms with Crippen molar-refractivity contribution in [1.82, 2.24) is 5.43 Å². The van der Waals surface area contributed by atoms with Crippen LogP contribution in [0.25, 0.3) is 0 Å². The molecule has 0 heterocycles. The van der Waals surface area contributed by atoms with E-state index in [1.165, 1.54) is 18.3 Å². The van der Waals surface area contributed by atoms with Crippen LogP contribution in [-0.4, -0.2) is 17.2 Å². The van der Waals surface area contributed by atoms with E-state index in [2.05, 4.69) is 31.8 Å². The zero-order valence-electron chi connectivity index (χ0n) is 17.4. The first-order chi connectivity index (χ1) is 16.0. The highest BCUT2D eigenvalue weighted by atomic mass is 79.9. The number of nitrogens with zero attached hydrogens (tertiary/aromatic N) is 2. The van der Waals surface area contributed by atoms with Crippen molar-refractivity contribution in [2.24, 2.45) is 5.10 Å². The number of amides is 2. The fourth-order valence-corrected chi connectivity index (χ4v) is 2.97. The summed E-state index contributed by atoms with van der Waals surface area (Å²) in [6.45, 7) is 1.88. The van der Waals surface area contributed by atoms with E-state index in [1.807, 2.05) is 6.92 Å². The number of nitro groups is 1. The highest BCUT2D eigenvalue weighted by molar-refractivity contribution is 9.10. The summed E-state index contributed by atoms with van der Waals surface area (Å²) in [5, 5.41) is 17.6. The molecule has 0 aliphatic heterocycles. The van der Waals surface area contributed by atoms with E-state index in [0.29, 0.717) is 23.4 Å². The molecule has 3 aromatic rings.